The zero-order valence-electron chi connectivity index (χ0n) is 21.3. The van der Waals surface area contributed by atoms with Crippen LogP contribution in [0.4, 0.5) is 0 Å². The Morgan fingerprint density at radius 1 is 1.09 bits per heavy atom. The highest BCUT2D eigenvalue weighted by Crippen LogP contribution is 2.32. The van der Waals surface area contributed by atoms with Crippen molar-refractivity contribution >= 4 is 11.4 Å². The van der Waals surface area contributed by atoms with Crippen LogP contribution in [-0.4, -0.2) is 37.8 Å². The molecule has 1 aromatic rings. The summed E-state index contributed by atoms with van der Waals surface area (Å²) in [4.78, 5) is 6.64. The Morgan fingerprint density at radius 3 is 2.31 bits per heavy atom. The Kier molecular flexibility index (Phi) is 10.7. The topological polar surface area (TPSA) is 27.6 Å². The van der Waals surface area contributed by atoms with Crippen LogP contribution in [0, 0.1) is 12.8 Å². The first kappa shape index (κ1) is 25.9. The normalized spacial score (nSPS) is 17.7. The smallest absolute Gasteiger partial charge is 0.0484 e. The second-order valence-electron chi connectivity index (χ2n) is 8.80. The summed E-state index contributed by atoms with van der Waals surface area (Å²) in [5, 5.41) is 3.53. The maximum atomic E-state index is 4.29. The van der Waals surface area contributed by atoms with Gasteiger partial charge in [-0.05, 0) is 94.8 Å². The molecule has 1 aliphatic heterocycles. The third-order valence-corrected chi connectivity index (χ3v) is 6.45. The molecule has 0 spiro atoms. The van der Waals surface area contributed by atoms with Crippen LogP contribution in [-0.2, 0) is 0 Å². The molecular weight excluding hydrogens is 390 g/mol. The molecule has 3 heteroatoms. The minimum Gasteiger partial charge on any atom is -0.344 e. The van der Waals surface area contributed by atoms with E-state index in [0.717, 1.165) is 31.6 Å². The van der Waals surface area contributed by atoms with Gasteiger partial charge in [-0.2, -0.15) is 0 Å². The SMILES string of the molecule is CC/C=C(/C=C\C(C)=NC)N(C)/C(=C\C(=C(C)CC)C1CCNCC1)c1ccc(C)cc1. The first-order valence-corrected chi connectivity index (χ1v) is 12.2. The summed E-state index contributed by atoms with van der Waals surface area (Å²) in [5.74, 6) is 0.619. The average Bonchev–Trinajstić information content (AvgIpc) is 2.82. The first-order valence-electron chi connectivity index (χ1n) is 12.2. The molecule has 0 aromatic heterocycles. The van der Waals surface area contributed by atoms with Gasteiger partial charge >= 0.3 is 0 Å². The molecule has 1 aromatic carbocycles. The number of aryl methyl sites for hydroxylation is 1. The van der Waals surface area contributed by atoms with Gasteiger partial charge in [0.2, 0.25) is 0 Å². The van der Waals surface area contributed by atoms with Gasteiger partial charge in [-0.15, -0.1) is 0 Å². The fourth-order valence-corrected chi connectivity index (χ4v) is 4.12. The second kappa shape index (κ2) is 13.2. The van der Waals surface area contributed by atoms with Crippen LogP contribution in [0.5, 0.6) is 0 Å². The Morgan fingerprint density at radius 2 is 1.75 bits per heavy atom. The number of rotatable bonds is 9. The second-order valence-corrected chi connectivity index (χ2v) is 8.80. The molecule has 174 valence electrons. The summed E-state index contributed by atoms with van der Waals surface area (Å²) in [6.45, 7) is 13.2. The van der Waals surface area contributed by atoms with Crippen LogP contribution in [0.1, 0.15) is 64.5 Å². The van der Waals surface area contributed by atoms with Crippen LogP contribution in [0.15, 0.2) is 70.4 Å². The molecular formula is C29H43N3. The predicted molar refractivity (Wildman–Crippen MR) is 142 cm³/mol. The van der Waals surface area contributed by atoms with Gasteiger partial charge in [0.05, 0.1) is 0 Å². The molecule has 1 heterocycles. The third kappa shape index (κ3) is 7.34. The molecule has 0 unspecified atom stereocenters. The minimum atomic E-state index is 0.619. The Bertz CT molecular complexity index is 875. The highest BCUT2D eigenvalue weighted by Gasteiger charge is 2.20. The number of hydrogen-bond acceptors (Lipinski definition) is 3. The van der Waals surface area contributed by atoms with E-state index in [9.17, 15) is 0 Å². The van der Waals surface area contributed by atoms with E-state index < -0.39 is 0 Å². The van der Waals surface area contributed by atoms with Crippen molar-refractivity contribution in [3.63, 3.8) is 0 Å². The highest BCUT2D eigenvalue weighted by molar-refractivity contribution is 5.93. The quantitative estimate of drug-likeness (QED) is 0.337. The van der Waals surface area contributed by atoms with Gasteiger partial charge in [0.25, 0.3) is 0 Å². The Labute approximate surface area is 196 Å². The number of piperidine rings is 1. The van der Waals surface area contributed by atoms with Crippen molar-refractivity contribution in [1.29, 1.82) is 0 Å². The van der Waals surface area contributed by atoms with Crippen LogP contribution >= 0.6 is 0 Å². The van der Waals surface area contributed by atoms with Crippen molar-refractivity contribution in [2.45, 2.75) is 60.3 Å². The summed E-state index contributed by atoms with van der Waals surface area (Å²) in [7, 11) is 4.03. The Hall–Kier alpha value is -2.39. The van der Waals surface area contributed by atoms with Crippen LogP contribution < -0.4 is 5.32 Å². The molecule has 0 bridgehead atoms. The molecule has 1 fully saturated rings. The molecule has 0 aliphatic carbocycles. The van der Waals surface area contributed by atoms with Gasteiger partial charge in [0.1, 0.15) is 0 Å². The van der Waals surface area contributed by atoms with Gasteiger partial charge in [-0.3, -0.25) is 4.99 Å². The molecule has 1 N–H and O–H groups in total. The number of allylic oxidation sites excluding steroid dienone is 6. The lowest BCUT2D eigenvalue weighted by Crippen LogP contribution is -2.29. The first-order chi connectivity index (χ1) is 15.4. The van der Waals surface area contributed by atoms with Gasteiger partial charge in [-0.1, -0.05) is 55.3 Å². The number of hydrogen-bond donors (Lipinski definition) is 1. The van der Waals surface area contributed by atoms with Crippen molar-refractivity contribution in [2.75, 3.05) is 27.2 Å². The minimum absolute atomic E-state index is 0.619. The lowest BCUT2D eigenvalue weighted by molar-refractivity contribution is 0.422. The van der Waals surface area contributed by atoms with E-state index in [1.165, 1.54) is 46.5 Å². The lowest BCUT2D eigenvalue weighted by atomic mass is 9.85. The van der Waals surface area contributed by atoms with Crippen molar-refractivity contribution < 1.29 is 0 Å². The number of benzene rings is 1. The van der Waals surface area contributed by atoms with Gasteiger partial charge in [-0.25, -0.2) is 0 Å². The van der Waals surface area contributed by atoms with Crippen molar-refractivity contribution in [3.05, 3.63) is 76.5 Å². The zero-order valence-corrected chi connectivity index (χ0v) is 21.3. The number of nitrogens with zero attached hydrogens (tertiary/aromatic N) is 2. The largest absolute Gasteiger partial charge is 0.344 e. The molecule has 1 aliphatic rings. The van der Waals surface area contributed by atoms with Crippen molar-refractivity contribution in [2.24, 2.45) is 10.9 Å². The van der Waals surface area contributed by atoms with Gasteiger partial charge in [0, 0.05) is 31.2 Å². The molecule has 0 amide bonds. The van der Waals surface area contributed by atoms with Crippen LogP contribution in [0.25, 0.3) is 5.70 Å². The summed E-state index contributed by atoms with van der Waals surface area (Å²) >= 11 is 0. The number of nitrogens with one attached hydrogen (secondary N) is 1. The fraction of sp³-hybridized carbons (Fsp3) is 0.483. The monoisotopic (exact) mass is 433 g/mol. The van der Waals surface area contributed by atoms with Crippen LogP contribution in [0.2, 0.25) is 0 Å². The van der Waals surface area contributed by atoms with E-state index in [-0.39, 0.29) is 0 Å². The van der Waals surface area contributed by atoms with E-state index in [2.05, 4.69) is 98.5 Å². The van der Waals surface area contributed by atoms with E-state index in [0.29, 0.717) is 5.92 Å². The fourth-order valence-electron chi connectivity index (χ4n) is 4.12. The molecule has 0 saturated carbocycles. The summed E-state index contributed by atoms with van der Waals surface area (Å²) in [5.41, 5.74) is 9.03. The summed E-state index contributed by atoms with van der Waals surface area (Å²) < 4.78 is 0. The van der Waals surface area contributed by atoms with Gasteiger partial charge in [0.15, 0.2) is 0 Å². The van der Waals surface area contributed by atoms with Gasteiger partial charge < -0.3 is 10.2 Å². The van der Waals surface area contributed by atoms with Crippen LogP contribution in [0.3, 0.4) is 0 Å². The lowest BCUT2D eigenvalue weighted by Gasteiger charge is -2.29. The maximum absolute atomic E-state index is 4.29. The van der Waals surface area contributed by atoms with Crippen molar-refractivity contribution in [1.82, 2.24) is 10.2 Å². The molecule has 3 nitrogen and oxygen atoms in total. The highest BCUT2D eigenvalue weighted by atomic mass is 15.1. The summed E-state index contributed by atoms with van der Waals surface area (Å²) in [6.07, 6.45) is 13.5. The summed E-state index contributed by atoms with van der Waals surface area (Å²) in [6, 6.07) is 8.94. The molecule has 32 heavy (non-hydrogen) atoms. The molecule has 0 atom stereocenters. The Balaban J connectivity index is 2.61. The molecule has 0 radical (unpaired) electrons. The standard InChI is InChI=1S/C29H43N3/c1-8-10-27(16-13-24(5)30-6)32(7)29(26-14-11-22(3)12-15-26)21-28(23(4)9-2)25-17-19-31-20-18-25/h10-16,21,25,31H,8-9,17-20H2,1-7H3/b16-13-,27-10-,28-23?,29-21-,30-24?. The van der Waals surface area contributed by atoms with E-state index >= 15 is 0 Å². The predicted octanol–water partition coefficient (Wildman–Crippen LogP) is 6.93. The van der Waals surface area contributed by atoms with E-state index in [1.807, 2.05) is 14.0 Å². The average molecular weight is 434 g/mol. The van der Waals surface area contributed by atoms with E-state index in [1.54, 1.807) is 0 Å². The molecule has 2 rings (SSSR count). The molecule has 1 saturated heterocycles. The number of aliphatic imine (C=N–C) groups is 1. The zero-order chi connectivity index (χ0) is 23.5. The third-order valence-electron chi connectivity index (χ3n) is 6.45. The maximum Gasteiger partial charge on any atom is 0.0484 e. The van der Waals surface area contributed by atoms with E-state index in [4.69, 9.17) is 0 Å². The van der Waals surface area contributed by atoms with Crippen molar-refractivity contribution in [3.8, 4) is 0 Å². The number of likely N-dealkylation sites (N-methyl/N-ethyl adjacent to an activating group) is 1.